The Balaban J connectivity index is 1.72. The van der Waals surface area contributed by atoms with Crippen LogP contribution in [0.1, 0.15) is 24.7 Å². The predicted octanol–water partition coefficient (Wildman–Crippen LogP) is 2.19. The zero-order valence-corrected chi connectivity index (χ0v) is 12.7. The molecule has 1 heterocycles. The van der Waals surface area contributed by atoms with Crippen molar-refractivity contribution in [1.29, 1.82) is 0 Å². The van der Waals surface area contributed by atoms with Gasteiger partial charge in [-0.1, -0.05) is 55.9 Å². The van der Waals surface area contributed by atoms with Crippen LogP contribution < -0.4 is 10.6 Å². The lowest BCUT2D eigenvalue weighted by Crippen LogP contribution is -2.37. The van der Waals surface area contributed by atoms with Crippen molar-refractivity contribution in [2.45, 2.75) is 19.1 Å². The first kappa shape index (κ1) is 14.9. The summed E-state index contributed by atoms with van der Waals surface area (Å²) in [5.41, 5.74) is 1.28. The van der Waals surface area contributed by atoms with Crippen molar-refractivity contribution in [1.82, 2.24) is 10.6 Å². The number of amides is 1. The summed E-state index contributed by atoms with van der Waals surface area (Å²) >= 11 is 1.69. The largest absolute Gasteiger partial charge is 0.356 e. The summed E-state index contributed by atoms with van der Waals surface area (Å²) in [7, 11) is 0. The first-order valence-corrected chi connectivity index (χ1v) is 7.79. The standard InChI is InChI=1S/C15H21N3OS/c1-11(2)8-16-14(19)10-18-15-17-9-13(20-15)12-6-4-3-5-7-12/h3-7,11,13H,8-10H2,1-2H3,(H,16,19)(H,17,18). The number of benzene rings is 1. The number of carbonyl (C=O) groups is 1. The maximum atomic E-state index is 11.6. The van der Waals surface area contributed by atoms with E-state index in [1.165, 1.54) is 5.56 Å². The topological polar surface area (TPSA) is 53.5 Å². The van der Waals surface area contributed by atoms with E-state index in [-0.39, 0.29) is 5.91 Å². The molecule has 2 rings (SSSR count). The maximum Gasteiger partial charge on any atom is 0.239 e. The average Bonchev–Trinajstić information content (AvgIpc) is 2.93. The van der Waals surface area contributed by atoms with Gasteiger partial charge in [0.15, 0.2) is 5.17 Å². The molecule has 1 aromatic carbocycles. The third-order valence-electron chi connectivity index (χ3n) is 2.93. The lowest BCUT2D eigenvalue weighted by molar-refractivity contribution is -0.120. The van der Waals surface area contributed by atoms with Gasteiger partial charge in [0.25, 0.3) is 0 Å². The van der Waals surface area contributed by atoms with E-state index < -0.39 is 0 Å². The van der Waals surface area contributed by atoms with Crippen LogP contribution in [0.2, 0.25) is 0 Å². The minimum absolute atomic E-state index is 0.0187. The second-order valence-electron chi connectivity index (χ2n) is 5.21. The molecule has 1 atom stereocenters. The second-order valence-corrected chi connectivity index (χ2v) is 6.41. The molecular formula is C15H21N3OS. The third-order valence-corrected chi connectivity index (χ3v) is 4.14. The van der Waals surface area contributed by atoms with Crippen molar-refractivity contribution in [2.24, 2.45) is 10.9 Å². The van der Waals surface area contributed by atoms with E-state index in [1.54, 1.807) is 11.8 Å². The normalized spacial score (nSPS) is 17.9. The van der Waals surface area contributed by atoms with Crippen LogP contribution in [0.3, 0.4) is 0 Å². The summed E-state index contributed by atoms with van der Waals surface area (Å²) in [5, 5.41) is 7.21. The van der Waals surface area contributed by atoms with Gasteiger partial charge in [-0.3, -0.25) is 9.79 Å². The summed E-state index contributed by atoms with van der Waals surface area (Å²) in [4.78, 5) is 16.1. The summed E-state index contributed by atoms with van der Waals surface area (Å²) in [6.07, 6.45) is 0. The van der Waals surface area contributed by atoms with Gasteiger partial charge in [-0.25, -0.2) is 0 Å². The quantitative estimate of drug-likeness (QED) is 0.874. The summed E-state index contributed by atoms with van der Waals surface area (Å²) in [6, 6.07) is 10.3. The van der Waals surface area contributed by atoms with Crippen LogP contribution in [0.25, 0.3) is 0 Å². The molecule has 1 aliphatic rings. The number of hydrogen-bond donors (Lipinski definition) is 2. The van der Waals surface area contributed by atoms with E-state index in [1.807, 2.05) is 18.2 Å². The maximum absolute atomic E-state index is 11.6. The van der Waals surface area contributed by atoms with E-state index in [2.05, 4.69) is 41.6 Å². The average molecular weight is 291 g/mol. The third kappa shape index (κ3) is 4.56. The Hall–Kier alpha value is -1.49. The van der Waals surface area contributed by atoms with Gasteiger partial charge >= 0.3 is 0 Å². The van der Waals surface area contributed by atoms with Gasteiger partial charge in [-0.05, 0) is 11.5 Å². The molecule has 20 heavy (non-hydrogen) atoms. The molecule has 1 amide bonds. The number of thioether (sulfide) groups is 1. The highest BCUT2D eigenvalue weighted by Gasteiger charge is 2.21. The number of nitrogens with one attached hydrogen (secondary N) is 2. The Morgan fingerprint density at radius 2 is 2.15 bits per heavy atom. The molecule has 0 radical (unpaired) electrons. The Labute approximate surface area is 124 Å². The molecule has 2 N–H and O–H groups in total. The van der Waals surface area contributed by atoms with Gasteiger partial charge < -0.3 is 10.6 Å². The highest BCUT2D eigenvalue weighted by Crippen LogP contribution is 2.33. The molecule has 1 unspecified atom stereocenters. The highest BCUT2D eigenvalue weighted by molar-refractivity contribution is 8.14. The Kier molecular flexibility index (Phi) is 5.47. The van der Waals surface area contributed by atoms with Crippen molar-refractivity contribution in [3.8, 4) is 0 Å². The molecule has 0 aromatic heterocycles. The Morgan fingerprint density at radius 1 is 1.40 bits per heavy atom. The van der Waals surface area contributed by atoms with Gasteiger partial charge in [-0.15, -0.1) is 0 Å². The Bertz CT molecular complexity index is 473. The predicted molar refractivity (Wildman–Crippen MR) is 84.9 cm³/mol. The van der Waals surface area contributed by atoms with E-state index in [4.69, 9.17) is 0 Å². The molecule has 0 spiro atoms. The van der Waals surface area contributed by atoms with E-state index >= 15 is 0 Å². The number of amidine groups is 1. The van der Waals surface area contributed by atoms with Crippen LogP contribution in [0.15, 0.2) is 35.3 Å². The van der Waals surface area contributed by atoms with E-state index in [9.17, 15) is 4.79 Å². The number of carbonyl (C=O) groups excluding carboxylic acids is 1. The van der Waals surface area contributed by atoms with Crippen molar-refractivity contribution in [3.63, 3.8) is 0 Å². The fourth-order valence-electron chi connectivity index (χ4n) is 1.85. The van der Waals surface area contributed by atoms with Gasteiger partial charge in [0.05, 0.1) is 18.3 Å². The van der Waals surface area contributed by atoms with Crippen LogP contribution in [0.4, 0.5) is 0 Å². The fourth-order valence-corrected chi connectivity index (χ4v) is 2.87. The second kappa shape index (κ2) is 7.33. The van der Waals surface area contributed by atoms with Crippen molar-refractivity contribution in [2.75, 3.05) is 19.6 Å². The lowest BCUT2D eigenvalue weighted by atomic mass is 10.1. The number of rotatable bonds is 5. The molecule has 0 saturated heterocycles. The monoisotopic (exact) mass is 291 g/mol. The zero-order chi connectivity index (χ0) is 14.4. The smallest absolute Gasteiger partial charge is 0.239 e. The zero-order valence-electron chi connectivity index (χ0n) is 11.9. The SMILES string of the molecule is CC(C)CNC(=O)CNC1=NCC(c2ccccc2)S1. The molecule has 4 nitrogen and oxygen atoms in total. The fraction of sp³-hybridized carbons (Fsp3) is 0.467. The van der Waals surface area contributed by atoms with Crippen LogP contribution in [-0.4, -0.2) is 30.7 Å². The summed E-state index contributed by atoms with van der Waals surface area (Å²) in [6.45, 7) is 5.93. The van der Waals surface area contributed by atoms with Gasteiger partial charge in [0, 0.05) is 6.54 Å². The number of aliphatic imine (C=N–C) groups is 1. The van der Waals surface area contributed by atoms with Crippen LogP contribution in [-0.2, 0) is 4.79 Å². The lowest BCUT2D eigenvalue weighted by Gasteiger charge is -2.10. The minimum Gasteiger partial charge on any atom is -0.356 e. The molecule has 108 valence electrons. The molecule has 0 aliphatic carbocycles. The van der Waals surface area contributed by atoms with Crippen molar-refractivity contribution >= 4 is 22.8 Å². The molecule has 0 saturated carbocycles. The molecular weight excluding hydrogens is 270 g/mol. The van der Waals surface area contributed by atoms with Crippen LogP contribution >= 0.6 is 11.8 Å². The van der Waals surface area contributed by atoms with Gasteiger partial charge in [0.1, 0.15) is 0 Å². The molecule has 0 fully saturated rings. The Morgan fingerprint density at radius 3 is 2.85 bits per heavy atom. The number of nitrogens with zero attached hydrogens (tertiary/aromatic N) is 1. The van der Waals surface area contributed by atoms with E-state index in [0.29, 0.717) is 24.3 Å². The molecule has 1 aliphatic heterocycles. The van der Waals surface area contributed by atoms with Crippen molar-refractivity contribution in [3.05, 3.63) is 35.9 Å². The number of hydrogen-bond acceptors (Lipinski definition) is 4. The van der Waals surface area contributed by atoms with Crippen LogP contribution in [0.5, 0.6) is 0 Å². The molecule has 1 aromatic rings. The molecule has 5 heteroatoms. The van der Waals surface area contributed by atoms with Gasteiger partial charge in [0.2, 0.25) is 5.91 Å². The highest BCUT2D eigenvalue weighted by atomic mass is 32.2. The minimum atomic E-state index is 0.0187. The summed E-state index contributed by atoms with van der Waals surface area (Å²) in [5.74, 6) is 0.491. The first-order chi connectivity index (χ1) is 9.65. The molecule has 0 bridgehead atoms. The van der Waals surface area contributed by atoms with E-state index in [0.717, 1.165) is 11.7 Å². The first-order valence-electron chi connectivity index (χ1n) is 6.92. The van der Waals surface area contributed by atoms with Gasteiger partial charge in [-0.2, -0.15) is 0 Å². The summed E-state index contributed by atoms with van der Waals surface area (Å²) < 4.78 is 0. The van der Waals surface area contributed by atoms with Crippen LogP contribution in [0, 0.1) is 5.92 Å². The van der Waals surface area contributed by atoms with Crippen molar-refractivity contribution < 1.29 is 4.79 Å².